The average Bonchev–Trinajstić information content (AvgIpc) is 2.51. The summed E-state index contributed by atoms with van der Waals surface area (Å²) < 4.78 is 0. The van der Waals surface area contributed by atoms with Gasteiger partial charge in [-0.3, -0.25) is 0 Å². The first kappa shape index (κ1) is 18.4. The zero-order valence-electron chi connectivity index (χ0n) is 14.9. The van der Waals surface area contributed by atoms with Crippen molar-refractivity contribution in [2.75, 3.05) is 18.9 Å². The summed E-state index contributed by atoms with van der Waals surface area (Å²) in [6.45, 7) is 7.04. The van der Waals surface area contributed by atoms with Gasteiger partial charge in [-0.05, 0) is 29.2 Å². The van der Waals surface area contributed by atoms with Crippen molar-refractivity contribution in [1.29, 1.82) is 5.26 Å². The molecule has 0 saturated heterocycles. The number of carbonyl (C=O) groups is 1. The summed E-state index contributed by atoms with van der Waals surface area (Å²) in [6, 6.07) is 7.26. The summed E-state index contributed by atoms with van der Waals surface area (Å²) >= 11 is 0. The van der Waals surface area contributed by atoms with E-state index < -0.39 is 5.97 Å². The predicted molar refractivity (Wildman–Crippen MR) is 96.0 cm³/mol. The molecule has 1 aromatic carbocycles. The lowest BCUT2D eigenvalue weighted by atomic mass is 9.95. The van der Waals surface area contributed by atoms with Crippen LogP contribution in [0.5, 0.6) is 0 Å². The molecule has 1 aromatic rings. The van der Waals surface area contributed by atoms with Crippen LogP contribution in [0, 0.1) is 16.7 Å². The van der Waals surface area contributed by atoms with Crippen molar-refractivity contribution in [2.45, 2.75) is 26.8 Å². The summed E-state index contributed by atoms with van der Waals surface area (Å²) in [5, 5.41) is 31.7. The maximum absolute atomic E-state index is 11.3. The summed E-state index contributed by atoms with van der Waals surface area (Å²) in [5.41, 5.74) is 1.97. The molecular formula is C19H23N3O3. The van der Waals surface area contributed by atoms with Gasteiger partial charge in [0.25, 0.3) is 0 Å². The Labute approximate surface area is 147 Å². The highest BCUT2D eigenvalue weighted by molar-refractivity contribution is 5.91. The molecule has 0 aliphatic carbocycles. The third-order valence-corrected chi connectivity index (χ3v) is 3.91. The Kier molecular flexibility index (Phi) is 5.07. The minimum absolute atomic E-state index is 0.0798. The third kappa shape index (κ3) is 4.32. The molecule has 1 unspecified atom stereocenters. The summed E-state index contributed by atoms with van der Waals surface area (Å²) in [6.07, 6.45) is 2.86. The van der Waals surface area contributed by atoms with Crippen molar-refractivity contribution in [2.24, 2.45) is 5.41 Å². The molecule has 25 heavy (non-hydrogen) atoms. The fourth-order valence-corrected chi connectivity index (χ4v) is 2.57. The van der Waals surface area contributed by atoms with Crippen LogP contribution in [0.25, 0.3) is 0 Å². The van der Waals surface area contributed by atoms with Crippen LogP contribution in [-0.4, -0.2) is 34.7 Å². The molecule has 3 N–H and O–H groups in total. The number of aliphatic hydroxyl groups excluding tert-OH is 1. The standard InChI is InChI=1S/C19H23N3O3/c1-19(2,3)11-21-15-6-5-12(7-13(15)9-20)16-8-14(18(24)25)17(23)10-22(16)4/h5-8,10,16,21,23H,11H2,1-4H3,(H,24,25). The summed E-state index contributed by atoms with van der Waals surface area (Å²) in [4.78, 5) is 13.0. The molecule has 0 radical (unpaired) electrons. The van der Waals surface area contributed by atoms with E-state index in [4.69, 9.17) is 0 Å². The molecule has 132 valence electrons. The fourth-order valence-electron chi connectivity index (χ4n) is 2.57. The van der Waals surface area contributed by atoms with Crippen LogP contribution in [0.1, 0.15) is 37.9 Å². The van der Waals surface area contributed by atoms with Crippen LogP contribution in [-0.2, 0) is 4.79 Å². The number of nitrogens with one attached hydrogen (secondary N) is 1. The number of hydrogen-bond acceptors (Lipinski definition) is 5. The van der Waals surface area contributed by atoms with Crippen molar-refractivity contribution in [3.8, 4) is 6.07 Å². The molecule has 0 aromatic heterocycles. The predicted octanol–water partition coefficient (Wildman–Crippen LogP) is 3.41. The van der Waals surface area contributed by atoms with E-state index in [1.807, 2.05) is 12.1 Å². The maximum Gasteiger partial charge on any atom is 0.339 e. The van der Waals surface area contributed by atoms with Crippen LogP contribution >= 0.6 is 0 Å². The quantitative estimate of drug-likeness (QED) is 0.776. The van der Waals surface area contributed by atoms with Gasteiger partial charge in [0.1, 0.15) is 17.4 Å². The van der Waals surface area contributed by atoms with Crippen LogP contribution in [0.4, 0.5) is 5.69 Å². The minimum Gasteiger partial charge on any atom is -0.506 e. The molecule has 0 saturated carbocycles. The number of nitrogens with zero attached hydrogens (tertiary/aromatic N) is 2. The molecule has 1 atom stereocenters. The van der Waals surface area contributed by atoms with E-state index in [2.05, 4.69) is 32.2 Å². The average molecular weight is 341 g/mol. The number of hydrogen-bond donors (Lipinski definition) is 3. The molecule has 0 amide bonds. The zero-order chi connectivity index (χ0) is 18.8. The van der Waals surface area contributed by atoms with Gasteiger partial charge in [-0.1, -0.05) is 26.8 Å². The van der Waals surface area contributed by atoms with Gasteiger partial charge in [-0.2, -0.15) is 5.26 Å². The van der Waals surface area contributed by atoms with E-state index in [0.29, 0.717) is 5.56 Å². The number of rotatable bonds is 4. The highest BCUT2D eigenvalue weighted by atomic mass is 16.4. The molecule has 0 spiro atoms. The van der Waals surface area contributed by atoms with Gasteiger partial charge >= 0.3 is 5.97 Å². The Morgan fingerprint density at radius 3 is 2.64 bits per heavy atom. The normalized spacial score (nSPS) is 17.4. The molecule has 0 bridgehead atoms. The lowest BCUT2D eigenvalue weighted by molar-refractivity contribution is -0.132. The lowest BCUT2D eigenvalue weighted by Crippen LogP contribution is -2.24. The van der Waals surface area contributed by atoms with Crippen LogP contribution in [0.2, 0.25) is 0 Å². The third-order valence-electron chi connectivity index (χ3n) is 3.91. The zero-order valence-corrected chi connectivity index (χ0v) is 14.9. The fraction of sp³-hybridized carbons (Fsp3) is 0.368. The number of anilines is 1. The monoisotopic (exact) mass is 341 g/mol. The van der Waals surface area contributed by atoms with Crippen molar-refractivity contribution in [1.82, 2.24) is 4.90 Å². The Bertz CT molecular complexity index is 782. The number of carboxylic acids is 1. The van der Waals surface area contributed by atoms with Gasteiger partial charge < -0.3 is 20.4 Å². The number of nitriles is 1. The van der Waals surface area contributed by atoms with E-state index in [-0.39, 0.29) is 22.8 Å². The number of aliphatic hydroxyl groups is 1. The second-order valence-electron chi connectivity index (χ2n) is 7.34. The smallest absolute Gasteiger partial charge is 0.339 e. The van der Waals surface area contributed by atoms with Crippen LogP contribution < -0.4 is 5.32 Å². The van der Waals surface area contributed by atoms with Gasteiger partial charge in [0.2, 0.25) is 0 Å². The number of aliphatic carboxylic acids is 1. The number of carboxylic acid groups (broad SMARTS) is 1. The Hall–Kier alpha value is -2.94. The second-order valence-corrected chi connectivity index (χ2v) is 7.34. The van der Waals surface area contributed by atoms with Crippen molar-refractivity contribution in [3.05, 3.63) is 52.9 Å². The van der Waals surface area contributed by atoms with Gasteiger partial charge in [-0.15, -0.1) is 0 Å². The van der Waals surface area contributed by atoms with E-state index in [1.54, 1.807) is 18.0 Å². The van der Waals surface area contributed by atoms with E-state index in [1.165, 1.54) is 12.3 Å². The molecule has 6 nitrogen and oxygen atoms in total. The molecular weight excluding hydrogens is 318 g/mol. The highest BCUT2D eigenvalue weighted by Gasteiger charge is 2.25. The Morgan fingerprint density at radius 2 is 2.08 bits per heavy atom. The number of likely N-dealkylation sites (N-methyl/N-ethyl adjacent to an activating group) is 1. The number of benzene rings is 1. The second kappa shape index (κ2) is 6.89. The van der Waals surface area contributed by atoms with Gasteiger partial charge in [0, 0.05) is 19.8 Å². The molecule has 6 heteroatoms. The van der Waals surface area contributed by atoms with Crippen LogP contribution in [0.3, 0.4) is 0 Å². The first-order valence-corrected chi connectivity index (χ1v) is 7.98. The molecule has 1 aliphatic rings. The first-order chi connectivity index (χ1) is 11.6. The van der Waals surface area contributed by atoms with E-state index in [9.17, 15) is 20.3 Å². The van der Waals surface area contributed by atoms with Gasteiger partial charge in [0.05, 0.1) is 17.3 Å². The molecule has 1 heterocycles. The Balaban J connectivity index is 2.34. The molecule has 2 rings (SSSR count). The van der Waals surface area contributed by atoms with Gasteiger partial charge in [-0.25, -0.2) is 4.79 Å². The topological polar surface area (TPSA) is 96.6 Å². The molecule has 1 aliphatic heterocycles. The Morgan fingerprint density at radius 1 is 1.40 bits per heavy atom. The van der Waals surface area contributed by atoms with Crippen molar-refractivity contribution >= 4 is 11.7 Å². The van der Waals surface area contributed by atoms with E-state index >= 15 is 0 Å². The highest BCUT2D eigenvalue weighted by Crippen LogP contribution is 2.31. The summed E-state index contributed by atoms with van der Waals surface area (Å²) in [5.74, 6) is -1.47. The van der Waals surface area contributed by atoms with E-state index in [0.717, 1.165) is 17.8 Å². The largest absolute Gasteiger partial charge is 0.506 e. The molecule has 0 fully saturated rings. The first-order valence-electron chi connectivity index (χ1n) is 7.98. The lowest BCUT2D eigenvalue weighted by Gasteiger charge is -2.29. The van der Waals surface area contributed by atoms with Gasteiger partial charge in [0.15, 0.2) is 0 Å². The summed E-state index contributed by atoms with van der Waals surface area (Å²) in [7, 11) is 1.74. The maximum atomic E-state index is 11.3. The minimum atomic E-state index is -1.18. The SMILES string of the molecule is CN1C=C(O)C(C(=O)O)=CC1c1ccc(NCC(C)(C)C)c(C#N)c1. The van der Waals surface area contributed by atoms with Crippen LogP contribution in [0.15, 0.2) is 41.8 Å². The van der Waals surface area contributed by atoms with Crippen molar-refractivity contribution < 1.29 is 15.0 Å². The van der Waals surface area contributed by atoms with Crippen molar-refractivity contribution in [3.63, 3.8) is 0 Å².